The van der Waals surface area contributed by atoms with Crippen LogP contribution in [0.25, 0.3) is 56.1 Å². The number of nitrogens with zero attached hydrogens (tertiary/aromatic N) is 5. The topological polar surface area (TPSA) is 171 Å². The van der Waals surface area contributed by atoms with Crippen molar-refractivity contribution in [3.63, 3.8) is 0 Å². The van der Waals surface area contributed by atoms with E-state index < -0.39 is 15.8 Å². The Morgan fingerprint density at radius 2 is 1.79 bits per heavy atom. The summed E-state index contributed by atoms with van der Waals surface area (Å²) < 4.78 is 40.2. The summed E-state index contributed by atoms with van der Waals surface area (Å²) in [6.45, 7) is -0.0577. The molecular formula is C33H26FN9O3S. The van der Waals surface area contributed by atoms with Gasteiger partial charge in [-0.3, -0.25) is 14.9 Å². The van der Waals surface area contributed by atoms with E-state index >= 15 is 0 Å². The number of fused-ring (bicyclic) bond motifs is 2. The number of carbonyl (C=O) groups is 1. The number of nitrogens with one attached hydrogen (secondary N) is 4. The van der Waals surface area contributed by atoms with Gasteiger partial charge in [-0.25, -0.2) is 32.5 Å². The summed E-state index contributed by atoms with van der Waals surface area (Å²) in [7, 11) is -3.46. The first kappa shape index (κ1) is 29.8. The zero-order chi connectivity index (χ0) is 32.5. The van der Waals surface area contributed by atoms with Crippen LogP contribution in [0.15, 0.2) is 91.4 Å². The summed E-state index contributed by atoms with van der Waals surface area (Å²) in [6, 6.07) is 21.0. The summed E-state index contributed by atoms with van der Waals surface area (Å²) in [4.78, 5) is 34.1. The minimum atomic E-state index is -3.46. The summed E-state index contributed by atoms with van der Waals surface area (Å²) in [5.41, 5.74) is 6.95. The van der Waals surface area contributed by atoms with E-state index in [0.717, 1.165) is 11.8 Å². The van der Waals surface area contributed by atoms with Gasteiger partial charge < -0.3 is 10.3 Å². The number of sulfonamides is 1. The first-order valence-electron chi connectivity index (χ1n) is 14.4. The van der Waals surface area contributed by atoms with Crippen LogP contribution in [0.2, 0.25) is 0 Å². The third-order valence-corrected chi connectivity index (χ3v) is 8.03. The average Bonchev–Trinajstić information content (AvgIpc) is 3.68. The third kappa shape index (κ3) is 6.59. The Balaban J connectivity index is 1.20. The minimum absolute atomic E-state index is 0.0577. The van der Waals surface area contributed by atoms with E-state index in [1.54, 1.807) is 36.8 Å². The fraction of sp³-hybridized carbons (Fsp3) is 0.0909. The van der Waals surface area contributed by atoms with E-state index in [1.165, 1.54) is 12.1 Å². The van der Waals surface area contributed by atoms with Crippen molar-refractivity contribution in [3.05, 3.63) is 108 Å². The fourth-order valence-corrected chi connectivity index (χ4v) is 5.67. The highest BCUT2D eigenvalue weighted by Gasteiger charge is 2.18. The van der Waals surface area contributed by atoms with E-state index in [2.05, 4.69) is 40.2 Å². The van der Waals surface area contributed by atoms with Gasteiger partial charge in [0.15, 0.2) is 17.2 Å². The van der Waals surface area contributed by atoms with Gasteiger partial charge in [0.05, 0.1) is 41.3 Å². The molecule has 0 spiro atoms. The molecule has 0 atom stereocenters. The van der Waals surface area contributed by atoms with Crippen molar-refractivity contribution in [1.29, 1.82) is 0 Å². The van der Waals surface area contributed by atoms with Gasteiger partial charge in [-0.1, -0.05) is 30.3 Å². The van der Waals surface area contributed by atoms with Gasteiger partial charge >= 0.3 is 0 Å². The second-order valence-corrected chi connectivity index (χ2v) is 12.8. The number of pyridine rings is 3. The lowest BCUT2D eigenvalue weighted by atomic mass is 10.0. The maximum absolute atomic E-state index is 14.6. The summed E-state index contributed by atoms with van der Waals surface area (Å²) in [5.74, 6) is -0.276. The third-order valence-electron chi connectivity index (χ3n) is 7.36. The zero-order valence-corrected chi connectivity index (χ0v) is 25.6. The number of carbonyl (C=O) groups excluding carboxylic acids is 1. The van der Waals surface area contributed by atoms with Crippen LogP contribution in [0, 0.1) is 5.82 Å². The molecule has 4 N–H and O–H groups in total. The van der Waals surface area contributed by atoms with E-state index in [1.807, 2.05) is 42.5 Å². The number of anilines is 1. The van der Waals surface area contributed by atoms with Gasteiger partial charge in [0.1, 0.15) is 11.3 Å². The molecule has 47 heavy (non-hydrogen) atoms. The zero-order valence-electron chi connectivity index (χ0n) is 24.8. The van der Waals surface area contributed by atoms with Crippen molar-refractivity contribution >= 4 is 43.8 Å². The quantitative estimate of drug-likeness (QED) is 0.170. The molecule has 0 fully saturated rings. The predicted molar refractivity (Wildman–Crippen MR) is 176 cm³/mol. The Hall–Kier alpha value is -5.86. The number of amides is 1. The highest BCUT2D eigenvalue weighted by molar-refractivity contribution is 7.88. The van der Waals surface area contributed by atoms with Gasteiger partial charge in [0, 0.05) is 30.1 Å². The van der Waals surface area contributed by atoms with Crippen LogP contribution in [0.3, 0.4) is 0 Å². The van der Waals surface area contributed by atoms with Gasteiger partial charge in [-0.2, -0.15) is 5.10 Å². The first-order chi connectivity index (χ1) is 22.7. The van der Waals surface area contributed by atoms with Crippen LogP contribution >= 0.6 is 0 Å². The Morgan fingerprint density at radius 3 is 2.62 bits per heavy atom. The van der Waals surface area contributed by atoms with Crippen molar-refractivity contribution in [2.24, 2.45) is 0 Å². The van der Waals surface area contributed by atoms with E-state index in [4.69, 9.17) is 4.98 Å². The Labute approximate surface area is 267 Å². The number of aromatic nitrogens is 7. The summed E-state index contributed by atoms with van der Waals surface area (Å²) in [5, 5.41) is 10.4. The molecule has 7 aromatic rings. The maximum Gasteiger partial charge on any atom is 0.228 e. The number of halogens is 1. The molecule has 0 saturated carbocycles. The molecule has 0 saturated heterocycles. The van der Waals surface area contributed by atoms with E-state index in [-0.39, 0.29) is 18.9 Å². The van der Waals surface area contributed by atoms with Gasteiger partial charge in [0.2, 0.25) is 15.9 Å². The van der Waals surface area contributed by atoms with Crippen molar-refractivity contribution in [3.8, 4) is 33.9 Å². The monoisotopic (exact) mass is 647 g/mol. The van der Waals surface area contributed by atoms with Gasteiger partial charge in [-0.05, 0) is 59.2 Å². The lowest BCUT2D eigenvalue weighted by Crippen LogP contribution is -2.21. The number of benzene rings is 2. The normalized spacial score (nSPS) is 11.7. The Bertz CT molecular complexity index is 2390. The number of imidazole rings is 1. The molecule has 0 bridgehead atoms. The van der Waals surface area contributed by atoms with Crippen molar-refractivity contribution in [1.82, 2.24) is 39.8 Å². The van der Waals surface area contributed by atoms with Gasteiger partial charge in [0.25, 0.3) is 0 Å². The van der Waals surface area contributed by atoms with Crippen molar-refractivity contribution in [2.75, 3.05) is 11.6 Å². The molecular weight excluding hydrogens is 621 g/mol. The Morgan fingerprint density at radius 1 is 0.936 bits per heavy atom. The standard InChI is InChI=1S/C33H26FN9O3S/c1-47(45,46)37-16-20-11-21(14-23(34)12-20)25-9-10-36-32-29(25)40-33(41-32)31-30-27(42-43-31)8-7-26(39-30)22-15-24(18-35-17-22)38-28(44)13-19-5-3-2-4-6-19/h2-12,14-15,17-18,37H,13,16H2,1H3,(H,38,44)(H,42,43)(H,36,40,41). The molecule has 12 nitrogen and oxygen atoms in total. The number of hydrogen-bond acceptors (Lipinski definition) is 8. The molecule has 0 unspecified atom stereocenters. The van der Waals surface area contributed by atoms with Gasteiger partial charge in [-0.15, -0.1) is 0 Å². The second kappa shape index (κ2) is 12.2. The minimum Gasteiger partial charge on any atom is -0.335 e. The first-order valence-corrected chi connectivity index (χ1v) is 16.3. The average molecular weight is 648 g/mol. The summed E-state index contributed by atoms with van der Waals surface area (Å²) >= 11 is 0. The van der Waals surface area contributed by atoms with Crippen LogP contribution < -0.4 is 10.0 Å². The molecule has 0 radical (unpaired) electrons. The van der Waals surface area contributed by atoms with E-state index in [0.29, 0.717) is 67.4 Å². The molecule has 14 heteroatoms. The highest BCUT2D eigenvalue weighted by Crippen LogP contribution is 2.32. The van der Waals surface area contributed by atoms with Crippen molar-refractivity contribution < 1.29 is 17.6 Å². The molecule has 0 aliphatic carbocycles. The van der Waals surface area contributed by atoms with Crippen LogP contribution in [0.1, 0.15) is 11.1 Å². The molecule has 5 aromatic heterocycles. The SMILES string of the molecule is CS(=O)(=O)NCc1cc(F)cc(-c2ccnc3nc(-c4n[nH]c5ccc(-c6cncc(NC(=O)Cc7ccccc7)c6)nc45)[nH]c23)c1. The fourth-order valence-electron chi connectivity index (χ4n) is 5.25. The number of aromatic amines is 2. The van der Waals surface area contributed by atoms with Crippen LogP contribution in [0.5, 0.6) is 0 Å². The van der Waals surface area contributed by atoms with Crippen LogP contribution in [-0.2, 0) is 27.8 Å². The number of rotatable bonds is 9. The number of H-pyrrole nitrogens is 2. The molecule has 0 aliphatic heterocycles. The molecule has 7 rings (SSSR count). The molecule has 2 aromatic carbocycles. The lowest BCUT2D eigenvalue weighted by Gasteiger charge is -2.08. The van der Waals surface area contributed by atoms with Crippen LogP contribution in [-0.4, -0.2) is 55.7 Å². The smallest absolute Gasteiger partial charge is 0.228 e. The number of hydrogen-bond donors (Lipinski definition) is 4. The molecule has 1 amide bonds. The Kier molecular flexibility index (Phi) is 7.71. The largest absolute Gasteiger partial charge is 0.335 e. The van der Waals surface area contributed by atoms with Crippen LogP contribution in [0.4, 0.5) is 10.1 Å². The van der Waals surface area contributed by atoms with Crippen molar-refractivity contribution in [2.45, 2.75) is 13.0 Å². The predicted octanol–water partition coefficient (Wildman–Crippen LogP) is 4.99. The molecule has 234 valence electrons. The maximum atomic E-state index is 14.6. The highest BCUT2D eigenvalue weighted by atomic mass is 32.2. The molecule has 0 aliphatic rings. The lowest BCUT2D eigenvalue weighted by molar-refractivity contribution is -0.115. The second-order valence-electron chi connectivity index (χ2n) is 10.9. The summed E-state index contributed by atoms with van der Waals surface area (Å²) in [6.07, 6.45) is 6.10. The molecule has 5 heterocycles. The van der Waals surface area contributed by atoms with E-state index in [9.17, 15) is 17.6 Å².